The quantitative estimate of drug-likeness (QED) is 0.0368. The third kappa shape index (κ3) is 25.3. The van der Waals surface area contributed by atoms with Crippen molar-refractivity contribution in [2.75, 3.05) is 47.2 Å². The highest BCUT2D eigenvalue weighted by Crippen LogP contribution is 2.34. The van der Waals surface area contributed by atoms with E-state index < -0.39 is 18.5 Å². The summed E-state index contributed by atoms with van der Waals surface area (Å²) in [7, 11) is 4.75. The molecule has 0 saturated carbocycles. The second kappa shape index (κ2) is 40.9. The summed E-state index contributed by atoms with van der Waals surface area (Å²) in [6, 6.07) is 81.1. The molecule has 3 amide bonds. The lowest BCUT2D eigenvalue weighted by atomic mass is 10.1. The number of thioether (sulfide) groups is 1. The van der Waals surface area contributed by atoms with Crippen LogP contribution in [-0.4, -0.2) is 101 Å². The number of methoxy groups -OCH3 is 3. The van der Waals surface area contributed by atoms with Crippen LogP contribution in [0.3, 0.4) is 0 Å². The number of benzene rings is 8. The number of aromatic nitrogens is 3. The van der Waals surface area contributed by atoms with Crippen molar-refractivity contribution in [1.82, 2.24) is 29.7 Å². The summed E-state index contributed by atoms with van der Waals surface area (Å²) in [5.74, 6) is 2.68. The van der Waals surface area contributed by atoms with E-state index in [1.54, 1.807) is 81.0 Å². The fourth-order valence-electron chi connectivity index (χ4n) is 11.0. The molecule has 536 valence electrons. The van der Waals surface area contributed by atoms with E-state index in [-0.39, 0.29) is 24.9 Å². The maximum absolute atomic E-state index is 13.7. The molecule has 19 heteroatoms. The maximum Gasteiger partial charge on any atom is 0.397 e. The summed E-state index contributed by atoms with van der Waals surface area (Å²) < 4.78 is 73.1. The molecular formula is C85H85F3N6O9S. The number of pyridine rings is 3. The Morgan fingerprint density at radius 2 is 0.712 bits per heavy atom. The zero-order chi connectivity index (χ0) is 73.1. The van der Waals surface area contributed by atoms with Gasteiger partial charge >= 0.3 is 6.18 Å². The first kappa shape index (κ1) is 76.7. The van der Waals surface area contributed by atoms with Crippen LogP contribution >= 0.6 is 11.8 Å². The first-order chi connectivity index (χ1) is 50.7. The zero-order valence-corrected chi connectivity index (χ0v) is 59.6. The molecule has 8 aromatic carbocycles. The minimum atomic E-state index is -4.58. The van der Waals surface area contributed by atoms with Crippen LogP contribution in [0.5, 0.6) is 34.5 Å². The normalized spacial score (nSPS) is 10.8. The van der Waals surface area contributed by atoms with Crippen LogP contribution in [0.2, 0.25) is 0 Å². The van der Waals surface area contributed by atoms with Crippen molar-refractivity contribution in [3.63, 3.8) is 0 Å². The Kier molecular flexibility index (Phi) is 30.1. The van der Waals surface area contributed by atoms with E-state index in [2.05, 4.69) is 15.0 Å². The zero-order valence-electron chi connectivity index (χ0n) is 58.8. The summed E-state index contributed by atoms with van der Waals surface area (Å²) in [4.78, 5) is 58.3. The van der Waals surface area contributed by atoms with Gasteiger partial charge in [-0.25, -0.2) is 0 Å². The van der Waals surface area contributed by atoms with Crippen LogP contribution in [0.4, 0.5) is 13.2 Å². The van der Waals surface area contributed by atoms with Crippen LogP contribution in [0, 0.1) is 0 Å². The Hall–Kier alpha value is -11.4. The van der Waals surface area contributed by atoms with Crippen LogP contribution < -0.4 is 28.4 Å². The SMILES string of the molecule is COc1cc(CN(CCc2ccccn2)C(=O)CC(F)(F)F)ccc1OCc1ccccc1.COc1cc(CN(CCc2ccccn2)C(=O)Cc2ccccc2)ccc1OCc1ccccc1.COc1cc(CN(CCc2ccccn2)C(=O)c2ccccc2SC)ccc1OCc1ccccc1. The average Bonchev–Trinajstić information content (AvgIpc) is 0.580. The van der Waals surface area contributed by atoms with Crippen molar-refractivity contribution < 1.29 is 56.0 Å². The number of nitrogens with zero attached hydrogens (tertiary/aromatic N) is 6. The Morgan fingerprint density at radius 1 is 0.375 bits per heavy atom. The molecule has 0 N–H and O–H groups in total. The smallest absolute Gasteiger partial charge is 0.397 e. The van der Waals surface area contributed by atoms with E-state index in [4.69, 9.17) is 28.4 Å². The third-order valence-electron chi connectivity index (χ3n) is 16.5. The summed E-state index contributed by atoms with van der Waals surface area (Å²) in [5, 5.41) is 0. The van der Waals surface area contributed by atoms with E-state index in [1.165, 1.54) is 12.0 Å². The molecule has 3 heterocycles. The van der Waals surface area contributed by atoms with Gasteiger partial charge in [0.15, 0.2) is 34.5 Å². The highest BCUT2D eigenvalue weighted by molar-refractivity contribution is 7.98. The van der Waals surface area contributed by atoms with Gasteiger partial charge in [-0.15, -0.1) is 11.8 Å². The van der Waals surface area contributed by atoms with Crippen molar-refractivity contribution >= 4 is 29.5 Å². The predicted molar refractivity (Wildman–Crippen MR) is 400 cm³/mol. The molecule has 0 unspecified atom stereocenters. The van der Waals surface area contributed by atoms with Gasteiger partial charge in [-0.05, 0) is 130 Å². The molecule has 0 bridgehead atoms. The van der Waals surface area contributed by atoms with E-state index in [1.807, 2.05) is 234 Å². The number of carbonyl (C=O) groups is 3. The van der Waals surface area contributed by atoms with Crippen molar-refractivity contribution in [2.24, 2.45) is 0 Å². The second-order valence-electron chi connectivity index (χ2n) is 24.0. The molecule has 104 heavy (non-hydrogen) atoms. The molecule has 3 aromatic heterocycles. The molecule has 0 aliphatic rings. The van der Waals surface area contributed by atoms with Crippen LogP contribution in [0.15, 0.2) is 278 Å². The third-order valence-corrected chi connectivity index (χ3v) is 17.3. The van der Waals surface area contributed by atoms with E-state index in [9.17, 15) is 27.6 Å². The molecule has 0 atom stereocenters. The monoisotopic (exact) mass is 1420 g/mol. The van der Waals surface area contributed by atoms with Gasteiger partial charge in [0.2, 0.25) is 11.8 Å². The van der Waals surface area contributed by atoms with Crippen molar-refractivity contribution in [3.05, 3.63) is 335 Å². The summed E-state index contributed by atoms with van der Waals surface area (Å²) in [6.07, 6.45) is 3.14. The molecule has 0 aliphatic carbocycles. The summed E-state index contributed by atoms with van der Waals surface area (Å²) >= 11 is 1.58. The lowest BCUT2D eigenvalue weighted by Gasteiger charge is -2.24. The second-order valence-corrected chi connectivity index (χ2v) is 24.9. The highest BCUT2D eigenvalue weighted by Gasteiger charge is 2.34. The van der Waals surface area contributed by atoms with Gasteiger partial charge < -0.3 is 43.1 Å². The van der Waals surface area contributed by atoms with Gasteiger partial charge in [-0.1, -0.05) is 170 Å². The summed E-state index contributed by atoms with van der Waals surface area (Å²) in [6.45, 7) is 3.44. The standard InChI is InChI=1S/C30H30N2O3S.C30H30N2O3.C25H25F3N2O3/c1-34-28-20-24(15-16-27(28)35-22-23-10-4-3-5-11-23)21-32(19-17-25-12-8-9-18-31-25)30(33)26-13-6-7-14-29(26)36-2;1-34-29-20-26(15-16-28(29)35-23-25-12-6-3-7-13-25)22-32(19-17-27-14-8-9-18-31-27)30(33)21-24-10-4-2-5-11-24;1-32-23-15-20(10-11-22(23)33-18-19-7-3-2-4-8-19)17-30(24(31)16-25(26,27)28)14-12-21-9-5-6-13-29-21/h3-16,18,20H,17,19,21-22H2,1-2H3;2-16,18,20H,17,19,21-23H2,1H3;2-11,13,15H,12,14,16-18H2,1H3. The van der Waals surface area contributed by atoms with Gasteiger partial charge in [0.25, 0.3) is 5.91 Å². The number of halogens is 3. The van der Waals surface area contributed by atoms with Crippen LogP contribution in [0.25, 0.3) is 0 Å². The van der Waals surface area contributed by atoms with Crippen molar-refractivity contribution in [3.8, 4) is 34.5 Å². The fourth-order valence-corrected chi connectivity index (χ4v) is 11.6. The molecule has 0 saturated heterocycles. The number of amides is 3. The number of hydrogen-bond acceptors (Lipinski definition) is 13. The number of alkyl halides is 3. The molecule has 0 fully saturated rings. The topological polar surface area (TPSA) is 155 Å². The number of carbonyl (C=O) groups excluding carboxylic acids is 3. The Labute approximate surface area is 611 Å². The van der Waals surface area contributed by atoms with E-state index >= 15 is 0 Å². The average molecular weight is 1420 g/mol. The van der Waals surface area contributed by atoms with Gasteiger partial charge in [-0.3, -0.25) is 29.3 Å². The molecule has 0 radical (unpaired) electrons. The lowest BCUT2D eigenvalue weighted by Crippen LogP contribution is -2.35. The van der Waals surface area contributed by atoms with Crippen molar-refractivity contribution in [1.29, 1.82) is 0 Å². The van der Waals surface area contributed by atoms with Crippen molar-refractivity contribution in [2.45, 2.75) is 82.6 Å². The van der Waals surface area contributed by atoms with Gasteiger partial charge in [-0.2, -0.15) is 13.2 Å². The van der Waals surface area contributed by atoms with Gasteiger partial charge in [0.1, 0.15) is 26.2 Å². The molecule has 0 spiro atoms. The maximum atomic E-state index is 13.7. The summed E-state index contributed by atoms with van der Waals surface area (Å²) in [5.41, 5.74) is 10.1. The van der Waals surface area contributed by atoms with Gasteiger partial charge in [0, 0.05) is 99.1 Å². The minimum Gasteiger partial charge on any atom is -0.493 e. The molecule has 11 aromatic rings. The first-order valence-corrected chi connectivity index (χ1v) is 35.2. The van der Waals surface area contributed by atoms with E-state index in [0.29, 0.717) is 123 Å². The minimum absolute atomic E-state index is 0.000693. The van der Waals surface area contributed by atoms with Gasteiger partial charge in [0.05, 0.1) is 33.3 Å². The number of ether oxygens (including phenoxy) is 6. The Bertz CT molecular complexity index is 4390. The largest absolute Gasteiger partial charge is 0.493 e. The Morgan fingerprint density at radius 3 is 1.07 bits per heavy atom. The fraction of sp³-hybridized carbons (Fsp3) is 0.224. The van der Waals surface area contributed by atoms with Crippen LogP contribution in [0.1, 0.15) is 72.8 Å². The highest BCUT2D eigenvalue weighted by atomic mass is 32.2. The van der Waals surface area contributed by atoms with Crippen LogP contribution in [-0.2, 0) is 74.7 Å². The molecular weight excluding hydrogens is 1340 g/mol. The lowest BCUT2D eigenvalue weighted by molar-refractivity contribution is -0.161. The van der Waals surface area contributed by atoms with E-state index in [0.717, 1.165) is 49.7 Å². The number of rotatable bonds is 32. The predicted octanol–water partition coefficient (Wildman–Crippen LogP) is 17.0. The molecule has 0 aliphatic heterocycles. The first-order valence-electron chi connectivity index (χ1n) is 34.0. The number of hydrogen-bond donors (Lipinski definition) is 0. The molecule has 15 nitrogen and oxygen atoms in total. The molecule has 11 rings (SSSR count). The Balaban J connectivity index is 0.000000181.